The molecule has 1 heterocycles. The van der Waals surface area contributed by atoms with Crippen molar-refractivity contribution in [1.29, 1.82) is 0 Å². The topological polar surface area (TPSA) is 30.5 Å². The van der Waals surface area contributed by atoms with E-state index < -0.39 is 0 Å². The van der Waals surface area contributed by atoms with E-state index >= 15 is 0 Å². The number of nitrogens with one attached hydrogen (secondary N) is 1. The molecule has 1 saturated carbocycles. The summed E-state index contributed by atoms with van der Waals surface area (Å²) in [5.41, 5.74) is 1.45. The van der Waals surface area contributed by atoms with Crippen molar-refractivity contribution >= 4 is 15.9 Å². The second kappa shape index (κ2) is 5.57. The minimum absolute atomic E-state index is 0.219. The minimum Gasteiger partial charge on any atom is -0.490 e. The maximum atomic E-state index is 5.78. The molecule has 1 aromatic carbocycles. The highest BCUT2D eigenvalue weighted by Gasteiger charge is 2.37. The summed E-state index contributed by atoms with van der Waals surface area (Å²) in [6.45, 7) is 6.89. The van der Waals surface area contributed by atoms with Gasteiger partial charge < -0.3 is 14.8 Å². The number of fused-ring (bicyclic) bond motifs is 1. The molecule has 1 fully saturated rings. The summed E-state index contributed by atoms with van der Waals surface area (Å²) in [5, 5.41) is 3.67. The van der Waals surface area contributed by atoms with Crippen LogP contribution in [0.4, 0.5) is 0 Å². The molecule has 0 amide bonds. The van der Waals surface area contributed by atoms with Crippen molar-refractivity contribution in [1.82, 2.24) is 5.32 Å². The predicted octanol–water partition coefficient (Wildman–Crippen LogP) is 3.89. The van der Waals surface area contributed by atoms with Gasteiger partial charge in [0.05, 0.1) is 17.7 Å². The van der Waals surface area contributed by atoms with Gasteiger partial charge in [0.2, 0.25) is 0 Å². The molecule has 0 aromatic heterocycles. The van der Waals surface area contributed by atoms with E-state index in [4.69, 9.17) is 9.47 Å². The predicted molar refractivity (Wildman–Crippen MR) is 83.4 cm³/mol. The first-order valence-corrected chi connectivity index (χ1v) is 8.18. The maximum Gasteiger partial charge on any atom is 0.175 e. The highest BCUT2D eigenvalue weighted by Crippen LogP contribution is 2.40. The largest absolute Gasteiger partial charge is 0.490 e. The molecule has 1 aromatic rings. The fourth-order valence-corrected chi connectivity index (χ4v) is 3.27. The van der Waals surface area contributed by atoms with Crippen LogP contribution < -0.4 is 14.8 Å². The van der Waals surface area contributed by atoms with Gasteiger partial charge in [-0.3, -0.25) is 0 Å². The lowest BCUT2D eigenvalue weighted by atomic mass is 9.98. The van der Waals surface area contributed by atoms with Gasteiger partial charge in [0.1, 0.15) is 0 Å². The lowest BCUT2D eigenvalue weighted by Crippen LogP contribution is -2.40. The molecule has 0 unspecified atom stereocenters. The highest BCUT2D eigenvalue weighted by molar-refractivity contribution is 9.10. The monoisotopic (exact) mass is 339 g/mol. The molecule has 1 N–H and O–H groups in total. The Morgan fingerprint density at radius 1 is 1.25 bits per heavy atom. The molecule has 0 atom stereocenters. The Kier molecular flexibility index (Phi) is 3.95. The third-order valence-electron chi connectivity index (χ3n) is 4.21. The van der Waals surface area contributed by atoms with Crippen molar-refractivity contribution in [2.75, 3.05) is 13.2 Å². The SMILES string of the molecule is CC(C)(NCc1cc(Br)c2c(c1)OCCCO2)C1CC1. The molecule has 0 radical (unpaired) electrons. The quantitative estimate of drug-likeness (QED) is 0.902. The molecular formula is C16H22BrNO2. The number of ether oxygens (including phenoxy) is 2. The Morgan fingerprint density at radius 3 is 2.75 bits per heavy atom. The molecule has 4 heteroatoms. The summed E-state index contributed by atoms with van der Waals surface area (Å²) in [6, 6.07) is 4.23. The molecule has 0 spiro atoms. The van der Waals surface area contributed by atoms with Crippen LogP contribution in [0.5, 0.6) is 11.5 Å². The van der Waals surface area contributed by atoms with Crippen LogP contribution in [0.2, 0.25) is 0 Å². The zero-order valence-electron chi connectivity index (χ0n) is 12.2. The Labute approximate surface area is 129 Å². The first kappa shape index (κ1) is 14.2. The lowest BCUT2D eigenvalue weighted by Gasteiger charge is -2.26. The minimum atomic E-state index is 0.219. The van der Waals surface area contributed by atoms with Gasteiger partial charge in [0, 0.05) is 18.5 Å². The Morgan fingerprint density at radius 2 is 2.00 bits per heavy atom. The number of benzene rings is 1. The van der Waals surface area contributed by atoms with Gasteiger partial charge in [-0.15, -0.1) is 0 Å². The molecule has 1 aliphatic carbocycles. The molecule has 3 nitrogen and oxygen atoms in total. The van der Waals surface area contributed by atoms with Crippen molar-refractivity contribution in [3.05, 3.63) is 22.2 Å². The summed E-state index contributed by atoms with van der Waals surface area (Å²) in [4.78, 5) is 0. The third kappa shape index (κ3) is 3.12. The van der Waals surface area contributed by atoms with E-state index in [9.17, 15) is 0 Å². The second-order valence-electron chi connectivity index (χ2n) is 6.30. The van der Waals surface area contributed by atoms with E-state index in [1.54, 1.807) is 0 Å². The van der Waals surface area contributed by atoms with Crippen molar-refractivity contribution in [2.45, 2.75) is 45.2 Å². The van der Waals surface area contributed by atoms with Crippen LogP contribution in [0.3, 0.4) is 0 Å². The van der Waals surface area contributed by atoms with Crippen molar-refractivity contribution in [3.8, 4) is 11.5 Å². The average molecular weight is 340 g/mol. The highest BCUT2D eigenvalue weighted by atomic mass is 79.9. The van der Waals surface area contributed by atoms with Crippen LogP contribution in [0.25, 0.3) is 0 Å². The van der Waals surface area contributed by atoms with Crippen molar-refractivity contribution in [2.24, 2.45) is 5.92 Å². The van der Waals surface area contributed by atoms with E-state index in [0.29, 0.717) is 0 Å². The van der Waals surface area contributed by atoms with Crippen LogP contribution in [0, 0.1) is 5.92 Å². The molecule has 1 aliphatic heterocycles. The van der Waals surface area contributed by atoms with E-state index in [1.165, 1.54) is 18.4 Å². The summed E-state index contributed by atoms with van der Waals surface area (Å²) < 4.78 is 12.5. The second-order valence-corrected chi connectivity index (χ2v) is 7.16. The summed E-state index contributed by atoms with van der Waals surface area (Å²) in [6.07, 6.45) is 3.64. The van der Waals surface area contributed by atoms with E-state index in [2.05, 4.69) is 47.2 Å². The molecular weight excluding hydrogens is 318 g/mol. The van der Waals surface area contributed by atoms with Crippen molar-refractivity contribution in [3.63, 3.8) is 0 Å². The Balaban J connectivity index is 1.73. The van der Waals surface area contributed by atoms with Crippen molar-refractivity contribution < 1.29 is 9.47 Å². The van der Waals surface area contributed by atoms with Gasteiger partial charge in [-0.25, -0.2) is 0 Å². The summed E-state index contributed by atoms with van der Waals surface area (Å²) >= 11 is 3.60. The van der Waals surface area contributed by atoms with E-state index in [1.807, 2.05) is 0 Å². The Hall–Kier alpha value is -0.740. The first-order chi connectivity index (χ1) is 9.56. The Bertz CT molecular complexity index is 497. The third-order valence-corrected chi connectivity index (χ3v) is 4.80. The molecule has 110 valence electrons. The summed E-state index contributed by atoms with van der Waals surface area (Å²) in [7, 11) is 0. The van der Waals surface area contributed by atoms with Gasteiger partial charge in [-0.1, -0.05) is 0 Å². The van der Waals surface area contributed by atoms with E-state index in [0.717, 1.165) is 48.1 Å². The maximum absolute atomic E-state index is 5.78. The molecule has 3 rings (SSSR count). The average Bonchev–Trinajstić information content (AvgIpc) is 3.23. The molecule has 20 heavy (non-hydrogen) atoms. The number of halogens is 1. The lowest BCUT2D eigenvalue weighted by molar-refractivity contribution is 0.296. The smallest absolute Gasteiger partial charge is 0.175 e. The van der Waals surface area contributed by atoms with Gasteiger partial charge in [-0.2, -0.15) is 0 Å². The normalized spacial score (nSPS) is 18.8. The fraction of sp³-hybridized carbons (Fsp3) is 0.625. The zero-order chi connectivity index (χ0) is 14.2. The van der Waals surface area contributed by atoms with Crippen LogP contribution in [0.15, 0.2) is 16.6 Å². The van der Waals surface area contributed by atoms with Gasteiger partial charge >= 0.3 is 0 Å². The number of rotatable bonds is 4. The van der Waals surface area contributed by atoms with Crippen LogP contribution in [0.1, 0.15) is 38.7 Å². The van der Waals surface area contributed by atoms with E-state index in [-0.39, 0.29) is 5.54 Å². The number of hydrogen-bond donors (Lipinski definition) is 1. The number of hydrogen-bond acceptors (Lipinski definition) is 3. The zero-order valence-corrected chi connectivity index (χ0v) is 13.8. The van der Waals surface area contributed by atoms with Gasteiger partial charge in [-0.05, 0) is 66.2 Å². The van der Waals surface area contributed by atoms with Crippen LogP contribution in [-0.2, 0) is 6.54 Å². The molecule has 2 aliphatic rings. The fourth-order valence-electron chi connectivity index (χ4n) is 2.67. The van der Waals surface area contributed by atoms with Crippen LogP contribution in [-0.4, -0.2) is 18.8 Å². The molecule has 0 saturated heterocycles. The van der Waals surface area contributed by atoms with Gasteiger partial charge in [0.25, 0.3) is 0 Å². The standard InChI is InChI=1S/C16H22BrNO2/c1-16(2,12-4-5-12)18-10-11-8-13(17)15-14(9-11)19-6-3-7-20-15/h8-9,12,18H,3-7,10H2,1-2H3. The van der Waals surface area contributed by atoms with Crippen LogP contribution >= 0.6 is 15.9 Å². The summed E-state index contributed by atoms with van der Waals surface area (Å²) in [5.74, 6) is 2.52. The molecule has 0 bridgehead atoms. The first-order valence-electron chi connectivity index (χ1n) is 7.39. The van der Waals surface area contributed by atoms with Gasteiger partial charge in [0.15, 0.2) is 11.5 Å².